The number of esters is 1. The van der Waals surface area contributed by atoms with Crippen LogP contribution in [0.2, 0.25) is 0 Å². The van der Waals surface area contributed by atoms with Crippen LogP contribution in [0.4, 0.5) is 0 Å². The van der Waals surface area contributed by atoms with Gasteiger partial charge < -0.3 is 14.2 Å². The number of fused-ring (bicyclic) bond motifs is 1. The number of likely N-dealkylation sites (N-methyl/N-ethyl adjacent to an activating group) is 1. The monoisotopic (exact) mass is 426 g/mol. The van der Waals surface area contributed by atoms with Crippen LogP contribution in [0.15, 0.2) is 54.9 Å². The van der Waals surface area contributed by atoms with E-state index >= 15 is 0 Å². The van der Waals surface area contributed by atoms with Crippen LogP contribution in [-0.2, 0) is 28.2 Å². The van der Waals surface area contributed by atoms with Gasteiger partial charge in [0.25, 0.3) is 5.91 Å². The van der Waals surface area contributed by atoms with Crippen LogP contribution >= 0.6 is 23.1 Å². The highest BCUT2D eigenvalue weighted by Gasteiger charge is 2.28. The lowest BCUT2D eigenvalue weighted by Crippen LogP contribution is -2.31. The van der Waals surface area contributed by atoms with Gasteiger partial charge in [0.05, 0.1) is 5.56 Å². The molecule has 0 radical (unpaired) electrons. The molecule has 0 spiro atoms. The van der Waals surface area contributed by atoms with Crippen LogP contribution in [0, 0.1) is 0 Å². The van der Waals surface area contributed by atoms with E-state index in [1.807, 2.05) is 71.2 Å². The topological polar surface area (TPSA) is 51.5 Å². The summed E-state index contributed by atoms with van der Waals surface area (Å²) < 4.78 is 7.42. The number of hydrogen-bond acceptors (Lipinski definition) is 5. The van der Waals surface area contributed by atoms with Crippen LogP contribution in [-0.4, -0.2) is 40.8 Å². The van der Waals surface area contributed by atoms with E-state index in [0.717, 1.165) is 34.1 Å². The van der Waals surface area contributed by atoms with Gasteiger partial charge in [0, 0.05) is 36.6 Å². The maximum Gasteiger partial charge on any atom is 0.341 e. The average Bonchev–Trinajstić information content (AvgIpc) is 3.40. The molecule has 0 bridgehead atoms. The SMILES string of the molecule is CN(Cc1ccccc1)C(=O)COC(=O)c1c(-n2cccc2)sc2c1CCSC2. The van der Waals surface area contributed by atoms with E-state index in [4.69, 9.17) is 4.74 Å². The average molecular weight is 427 g/mol. The molecule has 3 aromatic rings. The fourth-order valence-corrected chi connectivity index (χ4v) is 5.77. The number of rotatable bonds is 6. The summed E-state index contributed by atoms with van der Waals surface area (Å²) in [4.78, 5) is 28.2. The van der Waals surface area contributed by atoms with Crippen molar-refractivity contribution in [3.63, 3.8) is 0 Å². The summed E-state index contributed by atoms with van der Waals surface area (Å²) in [5.41, 5.74) is 2.72. The van der Waals surface area contributed by atoms with E-state index in [2.05, 4.69) is 0 Å². The molecule has 0 atom stereocenters. The lowest BCUT2D eigenvalue weighted by atomic mass is 10.1. The Hall–Kier alpha value is -2.51. The number of thioether (sulfide) groups is 1. The molecule has 1 aliphatic rings. The molecule has 4 rings (SSSR count). The van der Waals surface area contributed by atoms with E-state index in [1.165, 1.54) is 4.88 Å². The maximum atomic E-state index is 13.0. The van der Waals surface area contributed by atoms with Crippen molar-refractivity contribution in [2.45, 2.75) is 18.7 Å². The van der Waals surface area contributed by atoms with Gasteiger partial charge >= 0.3 is 5.97 Å². The van der Waals surface area contributed by atoms with Gasteiger partial charge in [-0.05, 0) is 35.4 Å². The first-order valence-corrected chi connectivity index (χ1v) is 11.4. The minimum atomic E-state index is -0.417. The first kappa shape index (κ1) is 19.8. The summed E-state index contributed by atoms with van der Waals surface area (Å²) in [7, 11) is 1.72. The standard InChI is InChI=1S/C22H22N2O3S2/c1-23(13-16-7-3-2-4-8-16)19(25)14-27-22(26)20-17-9-12-28-15-18(17)29-21(20)24-10-5-6-11-24/h2-8,10-11H,9,12-15H2,1H3. The van der Waals surface area contributed by atoms with Gasteiger partial charge in [0.15, 0.2) is 6.61 Å². The third-order valence-electron chi connectivity index (χ3n) is 4.86. The largest absolute Gasteiger partial charge is 0.452 e. The smallest absolute Gasteiger partial charge is 0.341 e. The van der Waals surface area contributed by atoms with Gasteiger partial charge in [0.2, 0.25) is 0 Å². The normalized spacial score (nSPS) is 13.0. The molecule has 3 heterocycles. The minimum absolute atomic E-state index is 0.218. The lowest BCUT2D eigenvalue weighted by molar-refractivity contribution is -0.133. The molecule has 150 valence electrons. The molecule has 0 fully saturated rings. The second-order valence-corrected chi connectivity index (χ2v) is 9.08. The highest BCUT2D eigenvalue weighted by Crippen LogP contribution is 2.38. The summed E-state index contributed by atoms with van der Waals surface area (Å²) in [6.45, 7) is 0.226. The second-order valence-electron chi connectivity index (χ2n) is 6.89. The number of carbonyl (C=O) groups excluding carboxylic acids is 2. The highest BCUT2D eigenvalue weighted by molar-refractivity contribution is 7.98. The summed E-state index contributed by atoms with van der Waals surface area (Å²) >= 11 is 3.52. The number of carbonyl (C=O) groups is 2. The fourth-order valence-electron chi connectivity index (χ4n) is 3.34. The number of thiophene rings is 1. The lowest BCUT2D eigenvalue weighted by Gasteiger charge is -2.18. The third-order valence-corrected chi connectivity index (χ3v) is 7.27. The maximum absolute atomic E-state index is 13.0. The predicted molar refractivity (Wildman–Crippen MR) is 117 cm³/mol. The summed E-state index contributed by atoms with van der Waals surface area (Å²) in [6.07, 6.45) is 4.71. The number of amides is 1. The second kappa shape index (κ2) is 8.88. The van der Waals surface area contributed by atoms with Crippen molar-refractivity contribution in [1.82, 2.24) is 9.47 Å². The molecule has 1 aliphatic heterocycles. The molecule has 0 saturated carbocycles. The molecular formula is C22H22N2O3S2. The Balaban J connectivity index is 1.47. The van der Waals surface area contributed by atoms with Gasteiger partial charge in [-0.1, -0.05) is 30.3 Å². The summed E-state index contributed by atoms with van der Waals surface area (Å²) in [5.74, 6) is 1.28. The van der Waals surface area contributed by atoms with Crippen LogP contribution in [0.25, 0.3) is 5.00 Å². The predicted octanol–water partition coefficient (Wildman–Crippen LogP) is 4.14. The Bertz CT molecular complexity index is 997. The van der Waals surface area contributed by atoms with Crippen LogP contribution in [0.1, 0.15) is 26.4 Å². The van der Waals surface area contributed by atoms with Crippen LogP contribution in [0.3, 0.4) is 0 Å². The fraction of sp³-hybridized carbons (Fsp3) is 0.273. The number of benzene rings is 1. The van der Waals surface area contributed by atoms with E-state index in [1.54, 1.807) is 23.3 Å². The van der Waals surface area contributed by atoms with Crippen molar-refractivity contribution >= 4 is 35.0 Å². The van der Waals surface area contributed by atoms with Crippen LogP contribution in [0.5, 0.6) is 0 Å². The summed E-state index contributed by atoms with van der Waals surface area (Å²) in [5, 5.41) is 0.873. The van der Waals surface area contributed by atoms with E-state index in [-0.39, 0.29) is 12.5 Å². The van der Waals surface area contributed by atoms with E-state index in [9.17, 15) is 9.59 Å². The Kier molecular flexibility index (Phi) is 6.06. The molecule has 1 amide bonds. The first-order valence-electron chi connectivity index (χ1n) is 9.44. The zero-order valence-electron chi connectivity index (χ0n) is 16.2. The van der Waals surface area contributed by atoms with E-state index < -0.39 is 5.97 Å². The molecule has 0 saturated heterocycles. The molecular weight excluding hydrogens is 404 g/mol. The van der Waals surface area contributed by atoms with Crippen LogP contribution < -0.4 is 0 Å². The van der Waals surface area contributed by atoms with Crippen molar-refractivity contribution in [2.75, 3.05) is 19.4 Å². The highest BCUT2D eigenvalue weighted by atomic mass is 32.2. The zero-order valence-corrected chi connectivity index (χ0v) is 17.8. The van der Waals surface area contributed by atoms with Crippen molar-refractivity contribution in [3.8, 4) is 5.00 Å². The van der Waals surface area contributed by atoms with E-state index in [0.29, 0.717) is 12.1 Å². The van der Waals surface area contributed by atoms with Gasteiger partial charge in [-0.3, -0.25) is 4.79 Å². The summed E-state index contributed by atoms with van der Waals surface area (Å²) in [6, 6.07) is 13.6. The third kappa shape index (κ3) is 4.41. The number of ether oxygens (including phenoxy) is 1. The molecule has 29 heavy (non-hydrogen) atoms. The van der Waals surface area contributed by atoms with Gasteiger partial charge in [0.1, 0.15) is 5.00 Å². The molecule has 7 heteroatoms. The van der Waals surface area contributed by atoms with Gasteiger partial charge in [-0.25, -0.2) is 4.79 Å². The molecule has 1 aromatic carbocycles. The van der Waals surface area contributed by atoms with Crippen molar-refractivity contribution < 1.29 is 14.3 Å². The quantitative estimate of drug-likeness (QED) is 0.556. The Morgan fingerprint density at radius 1 is 1.14 bits per heavy atom. The van der Waals surface area contributed by atoms with Crippen molar-refractivity contribution in [1.29, 1.82) is 0 Å². The Labute approximate surface area is 178 Å². The molecule has 2 aromatic heterocycles. The number of aromatic nitrogens is 1. The minimum Gasteiger partial charge on any atom is -0.452 e. The van der Waals surface area contributed by atoms with Crippen molar-refractivity contribution in [3.05, 3.63) is 76.4 Å². The Morgan fingerprint density at radius 3 is 2.66 bits per heavy atom. The Morgan fingerprint density at radius 2 is 1.90 bits per heavy atom. The molecule has 0 unspecified atom stereocenters. The molecule has 0 N–H and O–H groups in total. The van der Waals surface area contributed by atoms with Gasteiger partial charge in [-0.15, -0.1) is 11.3 Å². The zero-order chi connectivity index (χ0) is 20.2. The number of hydrogen-bond donors (Lipinski definition) is 0. The first-order chi connectivity index (χ1) is 14.1. The molecule has 5 nitrogen and oxygen atoms in total. The number of nitrogens with zero attached hydrogens (tertiary/aromatic N) is 2. The van der Waals surface area contributed by atoms with Crippen molar-refractivity contribution in [2.24, 2.45) is 0 Å². The molecule has 0 aliphatic carbocycles. The van der Waals surface area contributed by atoms with Gasteiger partial charge in [-0.2, -0.15) is 11.8 Å².